The molecule has 3 rings (SSSR count). The first-order chi connectivity index (χ1) is 14.4. The van der Waals surface area contributed by atoms with Crippen LogP contribution in [0.4, 0.5) is 14.5 Å². The molecule has 0 radical (unpaired) electrons. The van der Waals surface area contributed by atoms with Gasteiger partial charge in [0.2, 0.25) is 11.8 Å². The van der Waals surface area contributed by atoms with E-state index in [1.54, 1.807) is 19.2 Å². The zero-order valence-electron chi connectivity index (χ0n) is 16.9. The van der Waals surface area contributed by atoms with Gasteiger partial charge in [-0.15, -0.1) is 0 Å². The zero-order chi connectivity index (χ0) is 21.7. The first-order valence-electron chi connectivity index (χ1n) is 9.62. The Balaban J connectivity index is 1.56. The standard InChI is InChI=1S/C22H24F2N2O4/c1-26(13-14-7-9-18(30-22(23)24)19(11-14)29-2)20(27)10-8-16-12-15-5-3-4-6-17(15)25-21(16)28/h3-7,9,11,16,22H,8,10,12-13H2,1-2H3,(H,25,28). The topological polar surface area (TPSA) is 67.9 Å². The SMILES string of the molecule is COc1cc(CN(C)C(=O)CCC2Cc3ccccc3NC2=O)ccc1OC(F)F. The second-order valence-corrected chi connectivity index (χ2v) is 7.20. The van der Waals surface area contributed by atoms with Crippen LogP contribution >= 0.6 is 0 Å². The van der Waals surface area contributed by atoms with E-state index in [1.165, 1.54) is 18.1 Å². The van der Waals surface area contributed by atoms with Crippen LogP contribution in [0.25, 0.3) is 0 Å². The van der Waals surface area contributed by atoms with E-state index < -0.39 is 6.61 Å². The first-order valence-corrected chi connectivity index (χ1v) is 9.62. The number of fused-ring (bicyclic) bond motifs is 1. The number of carbonyl (C=O) groups excluding carboxylic acids is 2. The summed E-state index contributed by atoms with van der Waals surface area (Å²) in [5, 5.41) is 2.89. The molecule has 0 saturated carbocycles. The number of nitrogens with one attached hydrogen (secondary N) is 1. The van der Waals surface area contributed by atoms with E-state index in [0.717, 1.165) is 11.3 Å². The lowest BCUT2D eigenvalue weighted by molar-refractivity contribution is -0.131. The number of hydrogen-bond acceptors (Lipinski definition) is 4. The molecule has 2 aromatic rings. The van der Waals surface area contributed by atoms with Crippen LogP contribution in [-0.2, 0) is 22.6 Å². The number of anilines is 1. The van der Waals surface area contributed by atoms with E-state index in [0.29, 0.717) is 18.4 Å². The first kappa shape index (κ1) is 21.5. The summed E-state index contributed by atoms with van der Waals surface area (Å²) in [6.45, 7) is -2.66. The Morgan fingerprint density at radius 3 is 2.73 bits per heavy atom. The van der Waals surface area contributed by atoms with Crippen LogP contribution in [0.5, 0.6) is 11.5 Å². The average Bonchev–Trinajstić information content (AvgIpc) is 2.72. The Bertz CT molecular complexity index is 920. The Labute approximate surface area is 173 Å². The van der Waals surface area contributed by atoms with E-state index in [-0.39, 0.29) is 42.2 Å². The van der Waals surface area contributed by atoms with E-state index >= 15 is 0 Å². The molecule has 160 valence electrons. The number of nitrogens with zero attached hydrogens (tertiary/aromatic N) is 1. The highest BCUT2D eigenvalue weighted by Crippen LogP contribution is 2.30. The van der Waals surface area contributed by atoms with Gasteiger partial charge in [-0.05, 0) is 42.2 Å². The smallest absolute Gasteiger partial charge is 0.387 e. The number of hydrogen-bond donors (Lipinski definition) is 1. The molecule has 1 unspecified atom stereocenters. The fourth-order valence-corrected chi connectivity index (χ4v) is 3.50. The molecule has 0 saturated heterocycles. The predicted molar refractivity (Wildman–Crippen MR) is 108 cm³/mol. The van der Waals surface area contributed by atoms with Gasteiger partial charge in [0, 0.05) is 31.6 Å². The summed E-state index contributed by atoms with van der Waals surface area (Å²) in [6, 6.07) is 12.2. The minimum atomic E-state index is -2.95. The highest BCUT2D eigenvalue weighted by atomic mass is 19.3. The molecule has 0 spiro atoms. The molecule has 0 aromatic heterocycles. The monoisotopic (exact) mass is 418 g/mol. The van der Waals surface area contributed by atoms with E-state index in [4.69, 9.17) is 4.74 Å². The summed E-state index contributed by atoms with van der Waals surface area (Å²) in [6.07, 6.45) is 1.30. The van der Waals surface area contributed by atoms with Gasteiger partial charge in [0.1, 0.15) is 0 Å². The van der Waals surface area contributed by atoms with Gasteiger partial charge < -0.3 is 19.7 Å². The molecule has 2 amide bonds. The molecule has 8 heteroatoms. The highest BCUT2D eigenvalue weighted by Gasteiger charge is 2.26. The van der Waals surface area contributed by atoms with Gasteiger partial charge in [-0.3, -0.25) is 9.59 Å². The molecule has 6 nitrogen and oxygen atoms in total. The van der Waals surface area contributed by atoms with Gasteiger partial charge in [-0.2, -0.15) is 8.78 Å². The molecular weight excluding hydrogens is 394 g/mol. The maximum Gasteiger partial charge on any atom is 0.387 e. The molecule has 30 heavy (non-hydrogen) atoms. The van der Waals surface area contributed by atoms with Crippen LogP contribution in [0.2, 0.25) is 0 Å². The third-order valence-electron chi connectivity index (χ3n) is 5.11. The molecule has 1 aliphatic rings. The van der Waals surface area contributed by atoms with Gasteiger partial charge in [-0.25, -0.2) is 0 Å². The molecule has 1 heterocycles. The summed E-state index contributed by atoms with van der Waals surface area (Å²) < 4.78 is 34.4. The average molecular weight is 418 g/mol. The van der Waals surface area contributed by atoms with E-state index in [2.05, 4.69) is 10.1 Å². The van der Waals surface area contributed by atoms with Crippen LogP contribution in [0.3, 0.4) is 0 Å². The Morgan fingerprint density at radius 2 is 2.00 bits per heavy atom. The maximum absolute atomic E-state index is 12.5. The normalized spacial score (nSPS) is 15.4. The quantitative estimate of drug-likeness (QED) is 0.707. The summed E-state index contributed by atoms with van der Waals surface area (Å²) in [4.78, 5) is 26.4. The van der Waals surface area contributed by atoms with Gasteiger partial charge in [0.05, 0.1) is 7.11 Å². The lowest BCUT2D eigenvalue weighted by Gasteiger charge is -2.25. The van der Waals surface area contributed by atoms with Gasteiger partial charge in [0.15, 0.2) is 11.5 Å². The largest absolute Gasteiger partial charge is 0.493 e. The lowest BCUT2D eigenvalue weighted by atomic mass is 9.89. The van der Waals surface area contributed by atoms with Crippen molar-refractivity contribution < 1.29 is 27.8 Å². The molecular formula is C22H24F2N2O4. The second kappa shape index (κ2) is 9.56. The molecule has 1 atom stereocenters. The van der Waals surface area contributed by atoms with Crippen molar-refractivity contribution in [2.75, 3.05) is 19.5 Å². The number of para-hydroxylation sites is 1. The molecule has 2 aromatic carbocycles. The third-order valence-corrected chi connectivity index (χ3v) is 5.11. The van der Waals surface area contributed by atoms with Gasteiger partial charge in [0.25, 0.3) is 0 Å². The van der Waals surface area contributed by atoms with Gasteiger partial charge >= 0.3 is 6.61 Å². The molecule has 1 aliphatic heterocycles. The molecule has 0 aliphatic carbocycles. The van der Waals surface area contributed by atoms with Crippen molar-refractivity contribution in [3.8, 4) is 11.5 Å². The van der Waals surface area contributed by atoms with Crippen molar-refractivity contribution in [3.05, 3.63) is 53.6 Å². The summed E-state index contributed by atoms with van der Waals surface area (Å²) in [5.41, 5.74) is 2.62. The lowest BCUT2D eigenvalue weighted by Crippen LogP contribution is -2.32. The summed E-state index contributed by atoms with van der Waals surface area (Å²) >= 11 is 0. The van der Waals surface area contributed by atoms with Crippen molar-refractivity contribution in [1.82, 2.24) is 4.90 Å². The predicted octanol–water partition coefficient (Wildman–Crippen LogP) is 3.85. The minimum Gasteiger partial charge on any atom is -0.493 e. The summed E-state index contributed by atoms with van der Waals surface area (Å²) in [5.74, 6) is -0.305. The number of carbonyl (C=O) groups is 2. The number of ether oxygens (including phenoxy) is 2. The molecule has 0 fully saturated rings. The number of rotatable bonds is 8. The van der Waals surface area contributed by atoms with Crippen LogP contribution < -0.4 is 14.8 Å². The second-order valence-electron chi connectivity index (χ2n) is 7.20. The van der Waals surface area contributed by atoms with E-state index in [1.807, 2.05) is 24.3 Å². The van der Waals surface area contributed by atoms with Crippen LogP contribution in [0.1, 0.15) is 24.0 Å². The molecule has 1 N–H and O–H groups in total. The van der Waals surface area contributed by atoms with Crippen molar-refractivity contribution >= 4 is 17.5 Å². The number of benzene rings is 2. The Kier molecular flexibility index (Phi) is 6.87. The number of alkyl halides is 2. The van der Waals surface area contributed by atoms with Crippen molar-refractivity contribution in [1.29, 1.82) is 0 Å². The zero-order valence-corrected chi connectivity index (χ0v) is 16.9. The number of methoxy groups -OCH3 is 1. The summed E-state index contributed by atoms with van der Waals surface area (Å²) in [7, 11) is 3.02. The molecule has 0 bridgehead atoms. The fraction of sp³-hybridized carbons (Fsp3) is 0.364. The van der Waals surface area contributed by atoms with Gasteiger partial charge in [-0.1, -0.05) is 24.3 Å². The van der Waals surface area contributed by atoms with Crippen molar-refractivity contribution in [3.63, 3.8) is 0 Å². The Morgan fingerprint density at radius 1 is 1.23 bits per heavy atom. The van der Waals surface area contributed by atoms with Crippen LogP contribution in [0.15, 0.2) is 42.5 Å². The number of halogens is 2. The minimum absolute atomic E-state index is 0.0613. The Hall–Kier alpha value is -3.16. The fourth-order valence-electron chi connectivity index (χ4n) is 3.50. The van der Waals surface area contributed by atoms with Crippen LogP contribution in [-0.4, -0.2) is 37.5 Å². The maximum atomic E-state index is 12.5. The van der Waals surface area contributed by atoms with Crippen molar-refractivity contribution in [2.24, 2.45) is 5.92 Å². The van der Waals surface area contributed by atoms with Crippen molar-refractivity contribution in [2.45, 2.75) is 32.4 Å². The van der Waals surface area contributed by atoms with E-state index in [9.17, 15) is 18.4 Å². The third kappa shape index (κ3) is 5.25. The van der Waals surface area contributed by atoms with Crippen LogP contribution in [0, 0.1) is 5.92 Å². The number of amides is 2. The highest BCUT2D eigenvalue weighted by molar-refractivity contribution is 5.96.